The summed E-state index contributed by atoms with van der Waals surface area (Å²) in [5.74, 6) is 2.28. The van der Waals surface area contributed by atoms with Crippen LogP contribution in [0.3, 0.4) is 0 Å². The fraction of sp³-hybridized carbons (Fsp3) is 0.444. The maximum absolute atomic E-state index is 12.6. The van der Waals surface area contributed by atoms with E-state index in [1.54, 1.807) is 7.11 Å². The SMILES string of the molecule is COc1cccc(CC(=O)N2CCCC(c3ncc(C)[nH]3)C2)c1. The summed E-state index contributed by atoms with van der Waals surface area (Å²) in [4.78, 5) is 22.3. The molecule has 1 N–H and O–H groups in total. The van der Waals surface area contributed by atoms with E-state index in [0.29, 0.717) is 12.3 Å². The number of carbonyl (C=O) groups excluding carboxylic acids is 1. The summed E-state index contributed by atoms with van der Waals surface area (Å²) in [5.41, 5.74) is 2.06. The molecular formula is C18H23N3O2. The second kappa shape index (κ2) is 6.86. The van der Waals surface area contributed by atoms with Crippen molar-refractivity contribution in [3.8, 4) is 5.75 Å². The Hall–Kier alpha value is -2.30. The molecule has 1 unspecified atom stereocenters. The minimum Gasteiger partial charge on any atom is -0.497 e. The highest BCUT2D eigenvalue weighted by Gasteiger charge is 2.26. The minimum atomic E-state index is 0.172. The molecule has 1 aliphatic rings. The van der Waals surface area contributed by atoms with E-state index in [-0.39, 0.29) is 5.91 Å². The molecule has 122 valence electrons. The van der Waals surface area contributed by atoms with Crippen molar-refractivity contribution in [1.29, 1.82) is 0 Å². The van der Waals surface area contributed by atoms with Gasteiger partial charge in [-0.3, -0.25) is 4.79 Å². The van der Waals surface area contributed by atoms with Crippen LogP contribution in [0.2, 0.25) is 0 Å². The van der Waals surface area contributed by atoms with E-state index >= 15 is 0 Å². The summed E-state index contributed by atoms with van der Waals surface area (Å²) in [7, 11) is 1.64. The van der Waals surface area contributed by atoms with E-state index in [1.807, 2.05) is 42.3 Å². The first-order valence-corrected chi connectivity index (χ1v) is 8.08. The van der Waals surface area contributed by atoms with Gasteiger partial charge in [0.1, 0.15) is 11.6 Å². The fourth-order valence-electron chi connectivity index (χ4n) is 3.14. The van der Waals surface area contributed by atoms with Gasteiger partial charge in [0.25, 0.3) is 0 Å². The number of benzene rings is 1. The first-order valence-electron chi connectivity index (χ1n) is 8.08. The number of rotatable bonds is 4. The molecule has 1 saturated heterocycles. The van der Waals surface area contributed by atoms with Crippen molar-refractivity contribution in [2.45, 2.75) is 32.1 Å². The van der Waals surface area contributed by atoms with Crippen LogP contribution in [0.1, 0.15) is 35.8 Å². The highest BCUT2D eigenvalue weighted by atomic mass is 16.5. The van der Waals surface area contributed by atoms with Crippen LogP contribution in [0.25, 0.3) is 0 Å². The molecule has 0 saturated carbocycles. The third-order valence-electron chi connectivity index (χ3n) is 4.37. The summed E-state index contributed by atoms with van der Waals surface area (Å²) >= 11 is 0. The number of hydrogen-bond acceptors (Lipinski definition) is 3. The number of nitrogens with one attached hydrogen (secondary N) is 1. The van der Waals surface area contributed by atoms with Gasteiger partial charge in [0.05, 0.1) is 13.5 Å². The van der Waals surface area contributed by atoms with Crippen LogP contribution in [-0.4, -0.2) is 41.0 Å². The van der Waals surface area contributed by atoms with Crippen LogP contribution in [0, 0.1) is 6.92 Å². The predicted molar refractivity (Wildman–Crippen MR) is 88.6 cm³/mol. The average Bonchev–Trinajstić information content (AvgIpc) is 3.01. The lowest BCUT2D eigenvalue weighted by atomic mass is 9.96. The molecule has 3 rings (SSSR count). The molecule has 0 spiro atoms. The predicted octanol–water partition coefficient (Wildman–Crippen LogP) is 2.68. The maximum Gasteiger partial charge on any atom is 0.227 e. The van der Waals surface area contributed by atoms with Gasteiger partial charge in [-0.1, -0.05) is 12.1 Å². The Bertz CT molecular complexity index is 680. The molecular weight excluding hydrogens is 290 g/mol. The van der Waals surface area contributed by atoms with Crippen LogP contribution in [0.4, 0.5) is 0 Å². The minimum absolute atomic E-state index is 0.172. The number of methoxy groups -OCH3 is 1. The van der Waals surface area contributed by atoms with Gasteiger partial charge < -0.3 is 14.6 Å². The van der Waals surface area contributed by atoms with Crippen molar-refractivity contribution >= 4 is 5.91 Å². The van der Waals surface area contributed by atoms with Gasteiger partial charge in [-0.25, -0.2) is 4.98 Å². The maximum atomic E-state index is 12.6. The number of amides is 1. The quantitative estimate of drug-likeness (QED) is 0.944. The number of aryl methyl sites for hydroxylation is 1. The zero-order valence-corrected chi connectivity index (χ0v) is 13.7. The number of hydrogen-bond donors (Lipinski definition) is 1. The molecule has 1 aliphatic heterocycles. The molecule has 1 atom stereocenters. The summed E-state index contributed by atoms with van der Waals surface area (Å²) in [6.07, 6.45) is 4.37. The van der Waals surface area contributed by atoms with Gasteiger partial charge in [-0.15, -0.1) is 0 Å². The summed E-state index contributed by atoms with van der Waals surface area (Å²) in [6.45, 7) is 3.58. The largest absolute Gasteiger partial charge is 0.497 e. The topological polar surface area (TPSA) is 58.2 Å². The van der Waals surface area contributed by atoms with Crippen molar-refractivity contribution in [1.82, 2.24) is 14.9 Å². The van der Waals surface area contributed by atoms with Crippen molar-refractivity contribution in [3.63, 3.8) is 0 Å². The van der Waals surface area contributed by atoms with Crippen molar-refractivity contribution in [2.24, 2.45) is 0 Å². The van der Waals surface area contributed by atoms with Crippen LogP contribution in [0.5, 0.6) is 5.75 Å². The number of carbonyl (C=O) groups is 1. The molecule has 23 heavy (non-hydrogen) atoms. The lowest BCUT2D eigenvalue weighted by molar-refractivity contribution is -0.131. The van der Waals surface area contributed by atoms with Gasteiger partial charge in [0, 0.05) is 30.9 Å². The number of piperidine rings is 1. The second-order valence-electron chi connectivity index (χ2n) is 6.16. The van der Waals surface area contributed by atoms with E-state index < -0.39 is 0 Å². The lowest BCUT2D eigenvalue weighted by Gasteiger charge is -2.32. The number of aromatic nitrogens is 2. The number of ether oxygens (including phenoxy) is 1. The van der Waals surface area contributed by atoms with Gasteiger partial charge >= 0.3 is 0 Å². The molecule has 0 bridgehead atoms. The van der Waals surface area contributed by atoms with Crippen molar-refractivity contribution < 1.29 is 9.53 Å². The number of aromatic amines is 1. The Morgan fingerprint density at radius 1 is 1.48 bits per heavy atom. The monoisotopic (exact) mass is 313 g/mol. The molecule has 1 amide bonds. The first kappa shape index (κ1) is 15.6. The molecule has 2 aromatic rings. The van der Waals surface area contributed by atoms with Crippen LogP contribution >= 0.6 is 0 Å². The molecule has 0 radical (unpaired) electrons. The summed E-state index contributed by atoms with van der Waals surface area (Å²) < 4.78 is 5.22. The van der Waals surface area contributed by atoms with Crippen LogP contribution < -0.4 is 4.74 Å². The van der Waals surface area contributed by atoms with E-state index in [9.17, 15) is 4.79 Å². The Morgan fingerprint density at radius 3 is 3.09 bits per heavy atom. The van der Waals surface area contributed by atoms with Gasteiger partial charge in [0.2, 0.25) is 5.91 Å². The zero-order valence-electron chi connectivity index (χ0n) is 13.7. The Balaban J connectivity index is 1.64. The molecule has 1 fully saturated rings. The highest BCUT2D eigenvalue weighted by molar-refractivity contribution is 5.79. The summed E-state index contributed by atoms with van der Waals surface area (Å²) in [5, 5.41) is 0. The van der Waals surface area contributed by atoms with Crippen molar-refractivity contribution in [3.05, 3.63) is 47.5 Å². The smallest absolute Gasteiger partial charge is 0.227 e. The second-order valence-corrected chi connectivity index (χ2v) is 6.16. The molecule has 1 aromatic heterocycles. The van der Waals surface area contributed by atoms with Crippen LogP contribution in [-0.2, 0) is 11.2 Å². The average molecular weight is 313 g/mol. The van der Waals surface area contributed by atoms with Gasteiger partial charge in [0.15, 0.2) is 0 Å². The van der Waals surface area contributed by atoms with Gasteiger partial charge in [-0.05, 0) is 37.5 Å². The fourth-order valence-corrected chi connectivity index (χ4v) is 3.14. The normalized spacial score (nSPS) is 18.0. The molecule has 0 aliphatic carbocycles. The third kappa shape index (κ3) is 3.73. The lowest BCUT2D eigenvalue weighted by Crippen LogP contribution is -2.40. The number of likely N-dealkylation sites (tertiary alicyclic amines) is 1. The molecule has 2 heterocycles. The standard InChI is InChI=1S/C18H23N3O2/c1-13-11-19-18(20-13)15-6-4-8-21(12-15)17(22)10-14-5-3-7-16(9-14)23-2/h3,5,7,9,11,15H,4,6,8,10,12H2,1-2H3,(H,19,20). The molecule has 1 aromatic carbocycles. The third-order valence-corrected chi connectivity index (χ3v) is 4.37. The van der Waals surface area contributed by atoms with E-state index in [0.717, 1.165) is 48.8 Å². The van der Waals surface area contributed by atoms with E-state index in [4.69, 9.17) is 4.74 Å². The van der Waals surface area contributed by atoms with E-state index in [2.05, 4.69) is 9.97 Å². The van der Waals surface area contributed by atoms with Gasteiger partial charge in [-0.2, -0.15) is 0 Å². The zero-order chi connectivity index (χ0) is 16.2. The van der Waals surface area contributed by atoms with Crippen LogP contribution in [0.15, 0.2) is 30.5 Å². The van der Waals surface area contributed by atoms with E-state index in [1.165, 1.54) is 0 Å². The number of nitrogens with zero attached hydrogens (tertiary/aromatic N) is 2. The Labute approximate surface area is 136 Å². The Kier molecular flexibility index (Phi) is 4.65. The number of imidazole rings is 1. The highest BCUT2D eigenvalue weighted by Crippen LogP contribution is 2.25. The first-order chi connectivity index (χ1) is 11.2. The Morgan fingerprint density at radius 2 is 2.35 bits per heavy atom. The molecule has 5 nitrogen and oxygen atoms in total. The van der Waals surface area contributed by atoms with Crippen molar-refractivity contribution in [2.75, 3.05) is 20.2 Å². The number of H-pyrrole nitrogens is 1. The molecule has 5 heteroatoms. The summed E-state index contributed by atoms with van der Waals surface area (Å²) in [6, 6.07) is 7.71.